The van der Waals surface area contributed by atoms with Gasteiger partial charge in [-0.2, -0.15) is 0 Å². The number of nitrogens with zero attached hydrogens (tertiary/aromatic N) is 6. The number of benzene rings is 1. The van der Waals surface area contributed by atoms with Crippen LogP contribution in [0.1, 0.15) is 69.4 Å². The molecule has 1 aliphatic heterocycles. The summed E-state index contributed by atoms with van der Waals surface area (Å²) < 4.78 is 5.22. The van der Waals surface area contributed by atoms with Gasteiger partial charge in [0, 0.05) is 36.8 Å². The van der Waals surface area contributed by atoms with Crippen LogP contribution in [0, 0.1) is 25.2 Å². The number of nitrogens with one attached hydrogen (secondary N) is 3. The Morgan fingerprint density at radius 1 is 1.00 bits per heavy atom. The lowest BCUT2D eigenvalue weighted by Crippen LogP contribution is -2.60. The lowest BCUT2D eigenvalue weighted by Gasteiger charge is -2.35. The van der Waals surface area contributed by atoms with Crippen molar-refractivity contribution in [1.29, 1.82) is 0 Å². The van der Waals surface area contributed by atoms with Crippen LogP contribution in [0.3, 0.4) is 0 Å². The molecule has 1 aromatic carbocycles. The Hall–Kier alpha value is -5.39. The Bertz CT molecular complexity index is 2020. The van der Waals surface area contributed by atoms with E-state index >= 15 is 0 Å². The number of hydrazine groups is 1. The second-order valence-corrected chi connectivity index (χ2v) is 16.8. The Morgan fingerprint density at radius 2 is 1.74 bits per heavy atom. The highest BCUT2D eigenvalue weighted by Crippen LogP contribution is 2.26. The van der Waals surface area contributed by atoms with Crippen molar-refractivity contribution in [1.82, 2.24) is 46.0 Å². The molecule has 5 N–H and O–H groups in total. The zero-order valence-corrected chi connectivity index (χ0v) is 35.0. The summed E-state index contributed by atoms with van der Waals surface area (Å²) in [6.07, 6.45) is -1.77. The molecule has 5 atom stereocenters. The van der Waals surface area contributed by atoms with E-state index in [0.717, 1.165) is 17.0 Å². The number of carbonyl (C=O) groups is 4. The summed E-state index contributed by atoms with van der Waals surface area (Å²) in [6, 6.07) is 13.7. The van der Waals surface area contributed by atoms with Gasteiger partial charge in [0.1, 0.15) is 28.5 Å². The summed E-state index contributed by atoms with van der Waals surface area (Å²) in [5.41, 5.74) is 5.58. The standard InChI is InChI=1S/C41H55N9O7S/c1-8-25(2)34(50-18-17-48(40(50)56)21-29-16-12-13-26(3)42-29)36(52)44-31(20-28-14-10-9-11-15-28)33(51)23-49(46-37(53)35(41(5,6)7)45-39(54)55)22-30-24-58-38(43-30)32-19-27(4)57-47-32/h9-16,19,24-25,31,33-35,45,51H,8,17-18,20-23H2,1-7H3,(H,44,52)(H,46,53)(H,54,55)/t25?,31-,33-,34-,35+/m0/s1. The number of thiazole rings is 1. The highest BCUT2D eigenvalue weighted by atomic mass is 32.1. The molecule has 1 saturated heterocycles. The fourth-order valence-electron chi connectivity index (χ4n) is 6.92. The van der Waals surface area contributed by atoms with Gasteiger partial charge in [-0.15, -0.1) is 11.3 Å². The van der Waals surface area contributed by atoms with E-state index in [2.05, 4.69) is 31.2 Å². The van der Waals surface area contributed by atoms with E-state index < -0.39 is 47.6 Å². The lowest BCUT2D eigenvalue weighted by atomic mass is 9.86. The van der Waals surface area contributed by atoms with Gasteiger partial charge in [0.15, 0.2) is 0 Å². The molecule has 0 saturated carbocycles. The predicted octanol–water partition coefficient (Wildman–Crippen LogP) is 4.77. The van der Waals surface area contributed by atoms with Crippen LogP contribution in [0.15, 0.2) is 64.5 Å². The van der Waals surface area contributed by atoms with Gasteiger partial charge in [0.2, 0.25) is 5.91 Å². The lowest BCUT2D eigenvalue weighted by molar-refractivity contribution is -0.132. The van der Waals surface area contributed by atoms with E-state index in [0.29, 0.717) is 48.2 Å². The van der Waals surface area contributed by atoms with Crippen LogP contribution >= 0.6 is 11.3 Å². The average molecular weight is 818 g/mol. The van der Waals surface area contributed by atoms with Crippen LogP contribution in [0.5, 0.6) is 0 Å². The molecule has 3 aromatic heterocycles. The Balaban J connectivity index is 1.41. The maximum Gasteiger partial charge on any atom is 0.405 e. The molecule has 5 amide bonds. The third kappa shape index (κ3) is 11.6. The fraction of sp³-hybridized carbons (Fsp3) is 0.488. The molecule has 0 spiro atoms. The minimum Gasteiger partial charge on any atom is -0.465 e. The van der Waals surface area contributed by atoms with Gasteiger partial charge < -0.3 is 35.2 Å². The van der Waals surface area contributed by atoms with E-state index in [1.165, 1.54) is 16.3 Å². The molecule has 4 aromatic rings. The summed E-state index contributed by atoms with van der Waals surface area (Å²) in [7, 11) is 0. The highest BCUT2D eigenvalue weighted by molar-refractivity contribution is 7.13. The highest BCUT2D eigenvalue weighted by Gasteiger charge is 2.41. The van der Waals surface area contributed by atoms with Gasteiger partial charge in [-0.3, -0.25) is 20.0 Å². The van der Waals surface area contributed by atoms with Gasteiger partial charge in [0.25, 0.3) is 5.91 Å². The molecule has 58 heavy (non-hydrogen) atoms. The zero-order chi connectivity index (χ0) is 42.1. The Kier molecular flexibility index (Phi) is 14.6. The molecule has 4 heterocycles. The summed E-state index contributed by atoms with van der Waals surface area (Å²) in [4.78, 5) is 66.4. The molecule has 312 valence electrons. The van der Waals surface area contributed by atoms with Crippen LogP contribution in [-0.4, -0.2) is 108 Å². The number of rotatable bonds is 18. The third-order valence-electron chi connectivity index (χ3n) is 10.1. The monoisotopic (exact) mass is 817 g/mol. The van der Waals surface area contributed by atoms with Crippen LogP contribution in [0.2, 0.25) is 0 Å². The second-order valence-electron chi connectivity index (χ2n) is 15.9. The number of aliphatic hydroxyl groups is 1. The molecule has 17 heteroatoms. The maximum absolute atomic E-state index is 14.5. The topological polar surface area (TPSA) is 206 Å². The first-order chi connectivity index (χ1) is 27.5. The number of pyridine rings is 1. The van der Waals surface area contributed by atoms with Crippen molar-refractivity contribution in [2.45, 2.75) is 98.6 Å². The molecular weight excluding hydrogens is 763 g/mol. The number of carboxylic acid groups (broad SMARTS) is 1. The quantitative estimate of drug-likeness (QED) is 0.0866. The number of aliphatic hydroxyl groups excluding tert-OH is 1. The van der Waals surface area contributed by atoms with Crippen molar-refractivity contribution in [3.8, 4) is 10.7 Å². The molecule has 16 nitrogen and oxygen atoms in total. The molecule has 0 bridgehead atoms. The summed E-state index contributed by atoms with van der Waals surface area (Å²) >= 11 is 1.33. The Morgan fingerprint density at radius 3 is 2.38 bits per heavy atom. The first kappa shape index (κ1) is 43.7. The van der Waals surface area contributed by atoms with Crippen molar-refractivity contribution in [2.24, 2.45) is 11.3 Å². The van der Waals surface area contributed by atoms with Crippen LogP contribution < -0.4 is 16.1 Å². The molecule has 0 radical (unpaired) electrons. The molecule has 1 aliphatic rings. The average Bonchev–Trinajstić information content (AvgIpc) is 3.90. The molecule has 0 aliphatic carbocycles. The third-order valence-corrected chi connectivity index (χ3v) is 11.0. The number of aryl methyl sites for hydroxylation is 2. The summed E-state index contributed by atoms with van der Waals surface area (Å²) in [6.45, 7) is 13.7. The van der Waals surface area contributed by atoms with Gasteiger partial charge in [-0.05, 0) is 49.3 Å². The normalized spacial score (nSPS) is 15.8. The zero-order valence-electron chi connectivity index (χ0n) is 34.1. The molecule has 5 rings (SSSR count). The van der Waals surface area contributed by atoms with E-state index in [9.17, 15) is 29.4 Å². The minimum atomic E-state index is -1.36. The fourth-order valence-corrected chi connectivity index (χ4v) is 7.68. The number of aromatic nitrogens is 3. The maximum atomic E-state index is 14.5. The van der Waals surface area contributed by atoms with Crippen LogP contribution in [-0.2, 0) is 29.1 Å². The molecule has 1 unspecified atom stereocenters. The first-order valence-electron chi connectivity index (χ1n) is 19.5. The van der Waals surface area contributed by atoms with E-state index in [4.69, 9.17) is 4.52 Å². The number of amides is 5. The SMILES string of the molecule is CCC(C)[C@@H](C(=O)N[C@@H](Cc1ccccc1)[C@@H](O)CN(Cc1csc(-c2cc(C)on2)n1)NC(=O)[C@@H](NC(=O)O)C(C)(C)C)N1CCN(Cc2cccc(C)n2)C1=O. The first-order valence-corrected chi connectivity index (χ1v) is 20.3. The van der Waals surface area contributed by atoms with Crippen molar-refractivity contribution in [3.63, 3.8) is 0 Å². The van der Waals surface area contributed by atoms with Crippen molar-refractivity contribution >= 4 is 35.3 Å². The van der Waals surface area contributed by atoms with E-state index in [1.807, 2.05) is 69.3 Å². The van der Waals surface area contributed by atoms with Crippen molar-refractivity contribution < 1.29 is 33.9 Å². The number of hydrogen-bond acceptors (Lipinski definition) is 11. The van der Waals surface area contributed by atoms with Crippen LogP contribution in [0.25, 0.3) is 10.7 Å². The van der Waals surface area contributed by atoms with Gasteiger partial charge in [-0.25, -0.2) is 19.6 Å². The number of urea groups is 1. The second kappa shape index (κ2) is 19.4. The smallest absolute Gasteiger partial charge is 0.405 e. The van der Waals surface area contributed by atoms with Gasteiger partial charge in [-0.1, -0.05) is 82.6 Å². The number of carbonyl (C=O) groups excluding carboxylic acids is 3. The predicted molar refractivity (Wildman–Crippen MR) is 218 cm³/mol. The molecule has 1 fully saturated rings. The minimum absolute atomic E-state index is 0.0233. The van der Waals surface area contributed by atoms with Gasteiger partial charge in [0.05, 0.1) is 36.6 Å². The van der Waals surface area contributed by atoms with E-state index in [-0.39, 0.29) is 31.5 Å². The Labute approximate surface area is 343 Å². The molecular formula is C41H55N9O7S. The van der Waals surface area contributed by atoms with E-state index in [1.54, 1.807) is 48.9 Å². The summed E-state index contributed by atoms with van der Waals surface area (Å²) in [5.74, 6) is -0.631. The van der Waals surface area contributed by atoms with Crippen molar-refractivity contribution in [2.75, 3.05) is 19.6 Å². The summed E-state index contributed by atoms with van der Waals surface area (Å²) in [5, 5.41) is 35.0. The number of hydrogen-bond donors (Lipinski definition) is 5. The van der Waals surface area contributed by atoms with Crippen molar-refractivity contribution in [3.05, 3.63) is 88.4 Å². The largest absolute Gasteiger partial charge is 0.465 e. The van der Waals surface area contributed by atoms with Gasteiger partial charge >= 0.3 is 12.1 Å². The van der Waals surface area contributed by atoms with Crippen LogP contribution in [0.4, 0.5) is 9.59 Å².